The van der Waals surface area contributed by atoms with Crippen LogP contribution in [0.1, 0.15) is 58.1 Å². The van der Waals surface area contributed by atoms with Crippen molar-refractivity contribution in [3.8, 4) is 0 Å². The monoisotopic (exact) mass is 250 g/mol. The Hall–Kier alpha value is -0.900. The second-order valence-corrected chi connectivity index (χ2v) is 6.92. The number of rotatable bonds is 3. The molecule has 2 atom stereocenters. The number of nitrogens with zero attached hydrogens (tertiary/aromatic N) is 3. The lowest BCUT2D eigenvalue weighted by molar-refractivity contribution is 0.324. The molecule has 1 aliphatic heterocycles. The van der Waals surface area contributed by atoms with Gasteiger partial charge < -0.3 is 10.3 Å². The van der Waals surface area contributed by atoms with E-state index in [4.69, 9.17) is 5.73 Å². The maximum atomic E-state index is 5.95. The van der Waals surface area contributed by atoms with Crippen molar-refractivity contribution >= 4 is 0 Å². The van der Waals surface area contributed by atoms with Gasteiger partial charge in [-0.1, -0.05) is 27.7 Å². The molecule has 0 amide bonds. The van der Waals surface area contributed by atoms with Crippen molar-refractivity contribution in [2.75, 3.05) is 6.54 Å². The standard InChI is InChI=1S/C14H26N4/c1-10-5-6-18-12(7-10)16-17-13(18)11(9-15)8-14(2,3)4/h10-11H,5-9,15H2,1-4H3. The van der Waals surface area contributed by atoms with Gasteiger partial charge in [-0.2, -0.15) is 0 Å². The number of aromatic nitrogens is 3. The van der Waals surface area contributed by atoms with Gasteiger partial charge in [0.05, 0.1) is 0 Å². The van der Waals surface area contributed by atoms with Crippen LogP contribution >= 0.6 is 0 Å². The van der Waals surface area contributed by atoms with Crippen LogP contribution in [0.15, 0.2) is 0 Å². The van der Waals surface area contributed by atoms with Crippen LogP contribution in [0.5, 0.6) is 0 Å². The molecule has 0 fully saturated rings. The number of nitrogens with two attached hydrogens (primary N) is 1. The first kappa shape index (κ1) is 13.5. The van der Waals surface area contributed by atoms with Gasteiger partial charge in [-0.05, 0) is 24.2 Å². The summed E-state index contributed by atoms with van der Waals surface area (Å²) in [6.45, 7) is 10.8. The fourth-order valence-electron chi connectivity index (χ4n) is 2.83. The third-order valence-electron chi connectivity index (χ3n) is 3.74. The molecule has 1 aromatic rings. The molecule has 0 bridgehead atoms. The third kappa shape index (κ3) is 2.91. The van der Waals surface area contributed by atoms with Crippen LogP contribution in [-0.2, 0) is 13.0 Å². The summed E-state index contributed by atoms with van der Waals surface area (Å²) in [5, 5.41) is 8.78. The van der Waals surface area contributed by atoms with E-state index in [9.17, 15) is 0 Å². The lowest BCUT2D eigenvalue weighted by atomic mass is 9.84. The first-order valence-corrected chi connectivity index (χ1v) is 7.03. The first-order valence-electron chi connectivity index (χ1n) is 7.03. The van der Waals surface area contributed by atoms with Gasteiger partial charge >= 0.3 is 0 Å². The molecule has 0 saturated heterocycles. The molecular formula is C14H26N4. The lowest BCUT2D eigenvalue weighted by Crippen LogP contribution is -2.25. The normalized spacial score (nSPS) is 21.7. The molecule has 0 aromatic carbocycles. The summed E-state index contributed by atoms with van der Waals surface area (Å²) in [4.78, 5) is 0. The summed E-state index contributed by atoms with van der Waals surface area (Å²) in [7, 11) is 0. The minimum Gasteiger partial charge on any atom is -0.330 e. The molecule has 4 heteroatoms. The topological polar surface area (TPSA) is 56.7 Å². The Bertz CT molecular complexity index is 402. The van der Waals surface area contributed by atoms with Gasteiger partial charge in [-0.3, -0.25) is 0 Å². The van der Waals surface area contributed by atoms with Crippen molar-refractivity contribution in [3.63, 3.8) is 0 Å². The van der Waals surface area contributed by atoms with E-state index in [0.29, 0.717) is 12.5 Å². The van der Waals surface area contributed by atoms with Gasteiger partial charge in [0.2, 0.25) is 0 Å². The third-order valence-corrected chi connectivity index (χ3v) is 3.74. The van der Waals surface area contributed by atoms with E-state index in [0.717, 1.165) is 37.0 Å². The average molecular weight is 250 g/mol. The highest BCUT2D eigenvalue weighted by atomic mass is 15.3. The van der Waals surface area contributed by atoms with Gasteiger partial charge in [0.25, 0.3) is 0 Å². The summed E-state index contributed by atoms with van der Waals surface area (Å²) in [5.74, 6) is 3.32. The van der Waals surface area contributed by atoms with Gasteiger partial charge in [0.1, 0.15) is 11.6 Å². The second kappa shape index (κ2) is 5.00. The quantitative estimate of drug-likeness (QED) is 0.895. The Balaban J connectivity index is 2.22. The second-order valence-electron chi connectivity index (χ2n) is 6.92. The molecule has 102 valence electrons. The minimum absolute atomic E-state index is 0.276. The van der Waals surface area contributed by atoms with Crippen molar-refractivity contribution < 1.29 is 0 Å². The molecule has 0 saturated carbocycles. The van der Waals surface area contributed by atoms with Crippen LogP contribution in [-0.4, -0.2) is 21.3 Å². The molecular weight excluding hydrogens is 224 g/mol. The molecule has 4 nitrogen and oxygen atoms in total. The predicted molar refractivity (Wildman–Crippen MR) is 73.4 cm³/mol. The van der Waals surface area contributed by atoms with E-state index in [2.05, 4.69) is 42.5 Å². The summed E-state index contributed by atoms with van der Waals surface area (Å²) in [6, 6.07) is 0. The van der Waals surface area contributed by atoms with E-state index in [1.54, 1.807) is 0 Å². The van der Waals surface area contributed by atoms with E-state index in [-0.39, 0.29) is 5.41 Å². The Morgan fingerprint density at radius 3 is 2.72 bits per heavy atom. The van der Waals surface area contributed by atoms with Crippen LogP contribution < -0.4 is 5.73 Å². The van der Waals surface area contributed by atoms with E-state index in [1.165, 1.54) is 6.42 Å². The summed E-state index contributed by atoms with van der Waals surface area (Å²) >= 11 is 0. The van der Waals surface area contributed by atoms with Gasteiger partial charge in [-0.25, -0.2) is 0 Å². The summed E-state index contributed by atoms with van der Waals surface area (Å²) in [5.41, 5.74) is 6.23. The highest BCUT2D eigenvalue weighted by Crippen LogP contribution is 2.31. The Morgan fingerprint density at radius 1 is 1.39 bits per heavy atom. The summed E-state index contributed by atoms with van der Waals surface area (Å²) in [6.07, 6.45) is 3.35. The van der Waals surface area contributed by atoms with Crippen LogP contribution in [0.4, 0.5) is 0 Å². The fourth-order valence-corrected chi connectivity index (χ4v) is 2.83. The van der Waals surface area contributed by atoms with Gasteiger partial charge in [-0.15, -0.1) is 10.2 Å². The van der Waals surface area contributed by atoms with Crippen LogP contribution in [0, 0.1) is 11.3 Å². The van der Waals surface area contributed by atoms with Crippen LogP contribution in [0.2, 0.25) is 0 Å². The molecule has 2 N–H and O–H groups in total. The fraction of sp³-hybridized carbons (Fsp3) is 0.857. The zero-order valence-corrected chi connectivity index (χ0v) is 12.1. The summed E-state index contributed by atoms with van der Waals surface area (Å²) < 4.78 is 2.31. The van der Waals surface area contributed by atoms with E-state index in [1.807, 2.05) is 0 Å². The molecule has 2 heterocycles. The molecule has 2 unspecified atom stereocenters. The molecule has 2 rings (SSSR count). The van der Waals surface area contributed by atoms with Crippen molar-refractivity contribution in [1.82, 2.24) is 14.8 Å². The van der Waals surface area contributed by atoms with E-state index < -0.39 is 0 Å². The molecule has 0 spiro atoms. The van der Waals surface area contributed by atoms with Crippen LogP contribution in [0.3, 0.4) is 0 Å². The first-order chi connectivity index (χ1) is 8.40. The zero-order chi connectivity index (χ0) is 13.3. The largest absolute Gasteiger partial charge is 0.330 e. The minimum atomic E-state index is 0.276. The number of fused-ring (bicyclic) bond motifs is 1. The van der Waals surface area contributed by atoms with Gasteiger partial charge in [0, 0.05) is 25.4 Å². The number of hydrogen-bond donors (Lipinski definition) is 1. The van der Waals surface area contributed by atoms with Gasteiger partial charge in [0.15, 0.2) is 0 Å². The Labute approximate surface area is 110 Å². The Kier molecular flexibility index (Phi) is 3.76. The molecule has 0 aliphatic carbocycles. The lowest BCUT2D eigenvalue weighted by Gasteiger charge is -2.27. The van der Waals surface area contributed by atoms with Crippen molar-refractivity contribution in [2.45, 2.75) is 59.4 Å². The highest BCUT2D eigenvalue weighted by Gasteiger charge is 2.27. The van der Waals surface area contributed by atoms with Crippen molar-refractivity contribution in [3.05, 3.63) is 11.6 Å². The van der Waals surface area contributed by atoms with Crippen molar-refractivity contribution in [1.29, 1.82) is 0 Å². The average Bonchev–Trinajstić information content (AvgIpc) is 2.67. The van der Waals surface area contributed by atoms with Crippen molar-refractivity contribution in [2.24, 2.45) is 17.1 Å². The smallest absolute Gasteiger partial charge is 0.137 e. The predicted octanol–water partition coefficient (Wildman–Crippen LogP) is 2.34. The zero-order valence-electron chi connectivity index (χ0n) is 12.1. The maximum absolute atomic E-state index is 5.95. The molecule has 0 radical (unpaired) electrons. The van der Waals surface area contributed by atoms with E-state index >= 15 is 0 Å². The Morgan fingerprint density at radius 2 is 2.11 bits per heavy atom. The van der Waals surface area contributed by atoms with Crippen LogP contribution in [0.25, 0.3) is 0 Å². The highest BCUT2D eigenvalue weighted by molar-refractivity contribution is 5.06. The number of hydrogen-bond acceptors (Lipinski definition) is 3. The SMILES string of the molecule is CC1CCn2c(nnc2C(CN)CC(C)(C)C)C1. The molecule has 18 heavy (non-hydrogen) atoms. The maximum Gasteiger partial charge on any atom is 0.137 e. The molecule has 1 aliphatic rings. The molecule has 1 aromatic heterocycles.